The van der Waals surface area contributed by atoms with Crippen LogP contribution < -0.4 is 10.0 Å². The van der Waals surface area contributed by atoms with E-state index in [1.165, 1.54) is 12.1 Å². The third kappa shape index (κ3) is 5.59. The summed E-state index contributed by atoms with van der Waals surface area (Å²) >= 11 is 1.57. The highest BCUT2D eigenvalue weighted by Gasteiger charge is 2.25. The van der Waals surface area contributed by atoms with E-state index >= 15 is 0 Å². The number of benzene rings is 2. The van der Waals surface area contributed by atoms with E-state index in [4.69, 9.17) is 0 Å². The van der Waals surface area contributed by atoms with Gasteiger partial charge in [-0.2, -0.15) is 16.5 Å². The molecule has 0 spiro atoms. The van der Waals surface area contributed by atoms with Gasteiger partial charge in [0.25, 0.3) is 0 Å². The minimum absolute atomic E-state index is 0.147. The van der Waals surface area contributed by atoms with Crippen LogP contribution in [-0.4, -0.2) is 32.4 Å². The summed E-state index contributed by atoms with van der Waals surface area (Å²) in [7, 11) is -3.76. The molecule has 2 rings (SSSR count). The molecule has 2 aromatic rings. The molecule has 0 saturated carbocycles. The van der Waals surface area contributed by atoms with Crippen LogP contribution in [0.1, 0.15) is 17.5 Å². The van der Waals surface area contributed by atoms with Crippen molar-refractivity contribution in [2.75, 3.05) is 17.3 Å². The van der Waals surface area contributed by atoms with Gasteiger partial charge in [0, 0.05) is 5.69 Å². The fraction of sp³-hybridized carbons (Fsp3) is 0.316. The van der Waals surface area contributed by atoms with Crippen molar-refractivity contribution < 1.29 is 13.2 Å². The molecule has 0 aromatic heterocycles. The number of rotatable bonds is 8. The van der Waals surface area contributed by atoms with Gasteiger partial charge in [0.1, 0.15) is 6.04 Å². The van der Waals surface area contributed by atoms with Crippen molar-refractivity contribution in [3.8, 4) is 0 Å². The molecule has 2 N–H and O–H groups in total. The number of carbonyl (C=O) groups is 1. The lowest BCUT2D eigenvalue weighted by Gasteiger charge is -2.19. The minimum atomic E-state index is -3.76. The lowest BCUT2D eigenvalue weighted by atomic mass is 10.1. The number of thioether (sulfide) groups is 1. The number of hydrogen-bond donors (Lipinski definition) is 2. The maximum Gasteiger partial charge on any atom is 0.242 e. The van der Waals surface area contributed by atoms with E-state index in [1.54, 1.807) is 30.0 Å². The normalized spacial score (nSPS) is 12.6. The summed E-state index contributed by atoms with van der Waals surface area (Å²) in [4.78, 5) is 12.9. The summed E-state index contributed by atoms with van der Waals surface area (Å²) in [6.07, 6.45) is 2.33. The highest BCUT2D eigenvalue weighted by Crippen LogP contribution is 2.17. The molecular weight excluding hydrogens is 368 g/mol. The molecule has 0 radical (unpaired) electrons. The molecule has 0 aliphatic heterocycles. The molecule has 0 bridgehead atoms. The van der Waals surface area contributed by atoms with Crippen molar-refractivity contribution in [3.63, 3.8) is 0 Å². The van der Waals surface area contributed by atoms with Crippen LogP contribution in [-0.2, 0) is 14.8 Å². The second-order valence-corrected chi connectivity index (χ2v) is 8.78. The number of amides is 1. The Hall–Kier alpha value is -1.83. The van der Waals surface area contributed by atoms with E-state index in [1.807, 2.05) is 38.3 Å². The molecule has 0 heterocycles. The van der Waals surface area contributed by atoms with Gasteiger partial charge in [-0.05, 0) is 56.0 Å². The largest absolute Gasteiger partial charge is 0.324 e. The van der Waals surface area contributed by atoms with Crippen LogP contribution in [0.5, 0.6) is 0 Å². The van der Waals surface area contributed by atoms with Gasteiger partial charge < -0.3 is 5.32 Å². The van der Waals surface area contributed by atoms with Gasteiger partial charge in [-0.3, -0.25) is 4.79 Å². The third-order valence-corrected chi connectivity index (χ3v) is 6.05. The van der Waals surface area contributed by atoms with Crippen LogP contribution in [0.25, 0.3) is 0 Å². The summed E-state index contributed by atoms with van der Waals surface area (Å²) in [6, 6.07) is 13.0. The van der Waals surface area contributed by atoms with Crippen molar-refractivity contribution in [2.24, 2.45) is 0 Å². The van der Waals surface area contributed by atoms with Crippen LogP contribution in [0.4, 0.5) is 5.69 Å². The minimum Gasteiger partial charge on any atom is -0.324 e. The summed E-state index contributed by atoms with van der Waals surface area (Å²) in [5.74, 6) is 0.313. The average molecular weight is 393 g/mol. The van der Waals surface area contributed by atoms with Gasteiger partial charge in [-0.25, -0.2) is 8.42 Å². The van der Waals surface area contributed by atoms with Crippen molar-refractivity contribution in [1.82, 2.24) is 4.72 Å². The number of carbonyl (C=O) groups excluding carboxylic acids is 1. The Bertz CT molecular complexity index is 852. The van der Waals surface area contributed by atoms with Crippen LogP contribution in [0.2, 0.25) is 0 Å². The van der Waals surface area contributed by atoms with Gasteiger partial charge in [-0.15, -0.1) is 0 Å². The zero-order valence-electron chi connectivity index (χ0n) is 15.2. The fourth-order valence-corrected chi connectivity index (χ4v) is 4.23. The quantitative estimate of drug-likeness (QED) is 0.722. The predicted octanol–water partition coefficient (Wildman–Crippen LogP) is 3.34. The Balaban J connectivity index is 2.19. The van der Waals surface area contributed by atoms with Crippen LogP contribution in [0, 0.1) is 13.8 Å². The number of hydrogen-bond acceptors (Lipinski definition) is 4. The summed E-state index contributed by atoms with van der Waals surface area (Å²) in [6.45, 7) is 3.89. The predicted molar refractivity (Wildman–Crippen MR) is 108 cm³/mol. The molecule has 0 aliphatic carbocycles. The van der Waals surface area contributed by atoms with E-state index in [-0.39, 0.29) is 10.8 Å². The van der Waals surface area contributed by atoms with Crippen molar-refractivity contribution >= 4 is 33.4 Å². The maximum atomic E-state index is 12.7. The van der Waals surface area contributed by atoms with E-state index < -0.39 is 16.1 Å². The molecule has 1 atom stereocenters. The lowest BCUT2D eigenvalue weighted by molar-refractivity contribution is -0.117. The highest BCUT2D eigenvalue weighted by atomic mass is 32.2. The van der Waals surface area contributed by atoms with Crippen LogP contribution >= 0.6 is 11.8 Å². The summed E-state index contributed by atoms with van der Waals surface area (Å²) in [5, 5.41) is 2.85. The van der Waals surface area contributed by atoms with Gasteiger partial charge in [0.05, 0.1) is 4.90 Å². The van der Waals surface area contributed by atoms with Crippen LogP contribution in [0.15, 0.2) is 53.4 Å². The van der Waals surface area contributed by atoms with Gasteiger partial charge in [0.2, 0.25) is 15.9 Å². The Morgan fingerprint density at radius 1 is 1.12 bits per heavy atom. The molecule has 2 aromatic carbocycles. The summed E-state index contributed by atoms with van der Waals surface area (Å²) < 4.78 is 27.7. The standard InChI is InChI=1S/C19H24N2O3S2/c1-14-9-10-17(15(2)13-14)20-19(22)18(11-12-25-3)21-26(23,24)16-7-5-4-6-8-16/h4-10,13,18,21H,11-12H2,1-3H3,(H,20,22)/t18-/m0/s1. The lowest BCUT2D eigenvalue weighted by Crippen LogP contribution is -2.44. The number of nitrogens with one attached hydrogen (secondary N) is 2. The second-order valence-electron chi connectivity index (χ2n) is 6.08. The third-order valence-electron chi connectivity index (χ3n) is 3.92. The maximum absolute atomic E-state index is 12.7. The molecule has 26 heavy (non-hydrogen) atoms. The number of aryl methyl sites for hydroxylation is 2. The average Bonchev–Trinajstić information content (AvgIpc) is 2.61. The fourth-order valence-electron chi connectivity index (χ4n) is 2.51. The summed E-state index contributed by atoms with van der Waals surface area (Å²) in [5.41, 5.74) is 2.73. The first-order chi connectivity index (χ1) is 12.3. The van der Waals surface area contributed by atoms with E-state index in [0.717, 1.165) is 11.1 Å². The topological polar surface area (TPSA) is 75.3 Å². The monoisotopic (exact) mass is 392 g/mol. The molecule has 7 heteroatoms. The molecule has 0 aliphatic rings. The molecule has 0 unspecified atom stereocenters. The van der Waals surface area contributed by atoms with E-state index in [2.05, 4.69) is 10.0 Å². The smallest absolute Gasteiger partial charge is 0.242 e. The Morgan fingerprint density at radius 2 is 1.81 bits per heavy atom. The van der Waals surface area contributed by atoms with Crippen molar-refractivity contribution in [3.05, 3.63) is 59.7 Å². The SMILES string of the molecule is CSCC[C@H](NS(=O)(=O)c1ccccc1)C(=O)Nc1ccc(C)cc1C. The van der Waals surface area contributed by atoms with Crippen LogP contribution in [0.3, 0.4) is 0 Å². The molecule has 0 saturated heterocycles. The Labute approximate surface area is 159 Å². The number of anilines is 1. The van der Waals surface area contributed by atoms with Gasteiger partial charge >= 0.3 is 0 Å². The zero-order chi connectivity index (χ0) is 19.2. The van der Waals surface area contributed by atoms with E-state index in [9.17, 15) is 13.2 Å². The first-order valence-corrected chi connectivity index (χ1v) is 11.2. The second kappa shape index (κ2) is 9.21. The highest BCUT2D eigenvalue weighted by molar-refractivity contribution is 7.98. The molecule has 1 amide bonds. The van der Waals surface area contributed by atoms with E-state index in [0.29, 0.717) is 17.9 Å². The van der Waals surface area contributed by atoms with Gasteiger partial charge in [0.15, 0.2) is 0 Å². The van der Waals surface area contributed by atoms with Gasteiger partial charge in [-0.1, -0.05) is 35.9 Å². The first-order valence-electron chi connectivity index (χ1n) is 8.28. The number of sulfonamides is 1. The Kier molecular flexibility index (Phi) is 7.25. The molecule has 5 nitrogen and oxygen atoms in total. The van der Waals surface area contributed by atoms with Crippen molar-refractivity contribution in [2.45, 2.75) is 31.2 Å². The van der Waals surface area contributed by atoms with Crippen molar-refractivity contribution in [1.29, 1.82) is 0 Å². The Morgan fingerprint density at radius 3 is 2.42 bits per heavy atom. The molecule has 0 fully saturated rings. The molecule has 140 valence electrons. The molecular formula is C19H24N2O3S2. The zero-order valence-corrected chi connectivity index (χ0v) is 16.8. The first kappa shape index (κ1) is 20.5.